The number of anilines is 1. The average Bonchev–Trinajstić information content (AvgIpc) is 2.34. The molecule has 0 fully saturated rings. The van der Waals surface area contributed by atoms with E-state index in [0.29, 0.717) is 12.2 Å². The first-order chi connectivity index (χ1) is 9.42. The number of benzene rings is 1. The number of halogens is 1. The van der Waals surface area contributed by atoms with Crippen LogP contribution in [0.4, 0.5) is 10.1 Å². The maximum atomic E-state index is 13.0. The molecule has 20 heavy (non-hydrogen) atoms. The summed E-state index contributed by atoms with van der Waals surface area (Å²) in [5.41, 5.74) is 0.386. The van der Waals surface area contributed by atoms with Crippen LogP contribution >= 0.6 is 0 Å². The molecule has 6 heteroatoms. The SMILES string of the molecule is CCN(CC(=O)Nc1cccc(F)c1)C(C)CC(=O)O. The van der Waals surface area contributed by atoms with Gasteiger partial charge in [0.05, 0.1) is 13.0 Å². The quantitative estimate of drug-likeness (QED) is 0.802. The lowest BCUT2D eigenvalue weighted by molar-refractivity contribution is -0.138. The van der Waals surface area contributed by atoms with Crippen LogP contribution in [0.1, 0.15) is 20.3 Å². The van der Waals surface area contributed by atoms with Crippen molar-refractivity contribution in [1.82, 2.24) is 4.90 Å². The van der Waals surface area contributed by atoms with E-state index in [2.05, 4.69) is 5.32 Å². The Kier molecular flexibility index (Phi) is 6.11. The number of carboxylic acid groups (broad SMARTS) is 1. The molecule has 0 saturated carbocycles. The molecule has 1 aromatic rings. The number of nitrogens with zero attached hydrogens (tertiary/aromatic N) is 1. The molecular formula is C14H19FN2O3. The minimum absolute atomic E-state index is 0.0267. The highest BCUT2D eigenvalue weighted by Gasteiger charge is 2.18. The highest BCUT2D eigenvalue weighted by molar-refractivity contribution is 5.92. The van der Waals surface area contributed by atoms with Gasteiger partial charge in [-0.15, -0.1) is 0 Å². The van der Waals surface area contributed by atoms with Crippen molar-refractivity contribution < 1.29 is 19.1 Å². The molecule has 110 valence electrons. The van der Waals surface area contributed by atoms with Crippen LogP contribution < -0.4 is 5.32 Å². The number of hydrogen-bond donors (Lipinski definition) is 2. The fourth-order valence-electron chi connectivity index (χ4n) is 1.91. The molecule has 1 atom stereocenters. The van der Waals surface area contributed by atoms with Gasteiger partial charge in [0.2, 0.25) is 5.91 Å². The lowest BCUT2D eigenvalue weighted by atomic mass is 10.2. The number of aliphatic carboxylic acids is 1. The molecule has 0 aliphatic rings. The van der Waals surface area contributed by atoms with Gasteiger partial charge in [0.1, 0.15) is 5.82 Å². The maximum Gasteiger partial charge on any atom is 0.304 e. The third-order valence-corrected chi connectivity index (χ3v) is 2.95. The number of carbonyl (C=O) groups is 2. The van der Waals surface area contributed by atoms with Gasteiger partial charge in [0.25, 0.3) is 0 Å². The topological polar surface area (TPSA) is 69.6 Å². The zero-order valence-electron chi connectivity index (χ0n) is 11.6. The summed E-state index contributed by atoms with van der Waals surface area (Å²) in [6.07, 6.45) is -0.0267. The highest BCUT2D eigenvalue weighted by atomic mass is 19.1. The molecule has 0 radical (unpaired) electrons. The van der Waals surface area contributed by atoms with Gasteiger partial charge in [-0.05, 0) is 31.7 Å². The first-order valence-electron chi connectivity index (χ1n) is 6.43. The second-order valence-electron chi connectivity index (χ2n) is 4.57. The Bertz CT molecular complexity index is 479. The molecule has 0 aliphatic carbocycles. The van der Waals surface area contributed by atoms with E-state index in [4.69, 9.17) is 5.11 Å². The zero-order chi connectivity index (χ0) is 15.1. The first-order valence-corrected chi connectivity index (χ1v) is 6.43. The predicted molar refractivity (Wildman–Crippen MR) is 74.0 cm³/mol. The number of carboxylic acids is 1. The summed E-state index contributed by atoms with van der Waals surface area (Å²) < 4.78 is 13.0. The normalized spacial score (nSPS) is 12.2. The van der Waals surface area contributed by atoms with Gasteiger partial charge in [-0.25, -0.2) is 4.39 Å². The Labute approximate surface area is 117 Å². The minimum Gasteiger partial charge on any atom is -0.481 e. The molecule has 2 N–H and O–H groups in total. The molecule has 0 aliphatic heterocycles. The number of rotatable bonds is 7. The van der Waals surface area contributed by atoms with E-state index in [-0.39, 0.29) is 24.9 Å². The summed E-state index contributed by atoms with van der Waals surface area (Å²) >= 11 is 0. The van der Waals surface area contributed by atoms with Gasteiger partial charge in [0.15, 0.2) is 0 Å². The number of nitrogens with one attached hydrogen (secondary N) is 1. The monoisotopic (exact) mass is 282 g/mol. The lowest BCUT2D eigenvalue weighted by Crippen LogP contribution is -2.40. The second-order valence-corrected chi connectivity index (χ2v) is 4.57. The van der Waals surface area contributed by atoms with Crippen LogP contribution in [0.25, 0.3) is 0 Å². The molecule has 0 aromatic heterocycles. The van der Waals surface area contributed by atoms with Crippen LogP contribution in [-0.4, -0.2) is 41.0 Å². The molecule has 0 saturated heterocycles. The average molecular weight is 282 g/mol. The fraction of sp³-hybridized carbons (Fsp3) is 0.429. The summed E-state index contributed by atoms with van der Waals surface area (Å²) in [5, 5.41) is 11.3. The van der Waals surface area contributed by atoms with Crippen LogP contribution in [0, 0.1) is 5.82 Å². The van der Waals surface area contributed by atoms with Crippen LogP contribution in [-0.2, 0) is 9.59 Å². The van der Waals surface area contributed by atoms with Crippen LogP contribution in [0.15, 0.2) is 24.3 Å². The molecule has 1 aromatic carbocycles. The molecule has 0 bridgehead atoms. The molecule has 1 unspecified atom stereocenters. The van der Waals surface area contributed by atoms with Gasteiger partial charge in [-0.2, -0.15) is 0 Å². The van der Waals surface area contributed by atoms with Gasteiger partial charge in [0, 0.05) is 11.7 Å². The van der Waals surface area contributed by atoms with E-state index in [9.17, 15) is 14.0 Å². The maximum absolute atomic E-state index is 13.0. The van der Waals surface area contributed by atoms with E-state index in [1.54, 1.807) is 17.9 Å². The molecular weight excluding hydrogens is 263 g/mol. The van der Waals surface area contributed by atoms with Crippen molar-refractivity contribution >= 4 is 17.6 Å². The van der Waals surface area contributed by atoms with Gasteiger partial charge < -0.3 is 10.4 Å². The standard InChI is InChI=1S/C14H19FN2O3/c1-3-17(10(2)7-14(19)20)9-13(18)16-12-6-4-5-11(15)8-12/h4-6,8,10H,3,7,9H2,1-2H3,(H,16,18)(H,19,20). The van der Waals surface area contributed by atoms with E-state index >= 15 is 0 Å². The Morgan fingerprint density at radius 3 is 2.70 bits per heavy atom. The van der Waals surface area contributed by atoms with Gasteiger partial charge in [-0.3, -0.25) is 14.5 Å². The largest absolute Gasteiger partial charge is 0.481 e. The smallest absolute Gasteiger partial charge is 0.304 e. The Morgan fingerprint density at radius 2 is 2.15 bits per heavy atom. The number of likely N-dealkylation sites (N-methyl/N-ethyl adjacent to an activating group) is 1. The third-order valence-electron chi connectivity index (χ3n) is 2.95. The van der Waals surface area contributed by atoms with Crippen molar-refractivity contribution in [3.63, 3.8) is 0 Å². The van der Waals surface area contributed by atoms with E-state index < -0.39 is 11.8 Å². The first kappa shape index (κ1) is 16.1. The summed E-state index contributed by atoms with van der Waals surface area (Å²) in [7, 11) is 0. The van der Waals surface area contributed by atoms with Gasteiger partial charge >= 0.3 is 5.97 Å². The third kappa shape index (κ3) is 5.36. The van der Waals surface area contributed by atoms with Crippen molar-refractivity contribution in [2.24, 2.45) is 0 Å². The predicted octanol–water partition coefficient (Wildman–Crippen LogP) is 1.95. The molecule has 0 heterocycles. The van der Waals surface area contributed by atoms with Crippen molar-refractivity contribution in [2.75, 3.05) is 18.4 Å². The highest BCUT2D eigenvalue weighted by Crippen LogP contribution is 2.10. The summed E-state index contributed by atoms with van der Waals surface area (Å²) in [6.45, 7) is 4.24. The number of hydrogen-bond acceptors (Lipinski definition) is 3. The van der Waals surface area contributed by atoms with Crippen molar-refractivity contribution in [2.45, 2.75) is 26.3 Å². The van der Waals surface area contributed by atoms with Crippen molar-refractivity contribution in [3.8, 4) is 0 Å². The summed E-state index contributed by atoms with van der Waals surface area (Å²) in [5.74, 6) is -1.62. The van der Waals surface area contributed by atoms with Crippen molar-refractivity contribution in [3.05, 3.63) is 30.1 Å². The molecule has 0 spiro atoms. The fourth-order valence-corrected chi connectivity index (χ4v) is 1.91. The summed E-state index contributed by atoms with van der Waals surface area (Å²) in [4.78, 5) is 24.3. The van der Waals surface area contributed by atoms with E-state index in [0.717, 1.165) is 0 Å². The van der Waals surface area contributed by atoms with Crippen LogP contribution in [0.2, 0.25) is 0 Å². The Morgan fingerprint density at radius 1 is 1.45 bits per heavy atom. The zero-order valence-corrected chi connectivity index (χ0v) is 11.6. The molecule has 5 nitrogen and oxygen atoms in total. The summed E-state index contributed by atoms with van der Waals surface area (Å²) in [6, 6.07) is 5.39. The van der Waals surface area contributed by atoms with E-state index in [1.807, 2.05) is 6.92 Å². The lowest BCUT2D eigenvalue weighted by Gasteiger charge is -2.25. The van der Waals surface area contributed by atoms with Crippen LogP contribution in [0.5, 0.6) is 0 Å². The number of carbonyl (C=O) groups excluding carboxylic acids is 1. The number of amides is 1. The second kappa shape index (κ2) is 7.59. The van der Waals surface area contributed by atoms with Crippen molar-refractivity contribution in [1.29, 1.82) is 0 Å². The Hall–Kier alpha value is -1.95. The molecule has 1 amide bonds. The molecule has 1 rings (SSSR count). The minimum atomic E-state index is -0.901. The Balaban J connectivity index is 2.57. The van der Waals surface area contributed by atoms with Gasteiger partial charge in [-0.1, -0.05) is 13.0 Å². The van der Waals surface area contributed by atoms with Crippen LogP contribution in [0.3, 0.4) is 0 Å². The van der Waals surface area contributed by atoms with E-state index in [1.165, 1.54) is 18.2 Å².